The van der Waals surface area contributed by atoms with E-state index < -0.39 is 0 Å². The number of rotatable bonds is 5. The van der Waals surface area contributed by atoms with Gasteiger partial charge in [0, 0.05) is 25.8 Å². The molecule has 4 nitrogen and oxygen atoms in total. The highest BCUT2D eigenvalue weighted by atomic mass is 15.2. The molecule has 2 aliphatic heterocycles. The van der Waals surface area contributed by atoms with Gasteiger partial charge in [0.25, 0.3) is 0 Å². The lowest BCUT2D eigenvalue weighted by Gasteiger charge is -2.33. The minimum absolute atomic E-state index is 0.533. The second-order valence-corrected chi connectivity index (χ2v) is 6.59. The van der Waals surface area contributed by atoms with Crippen LogP contribution in [0.25, 0.3) is 0 Å². The molecule has 116 valence electrons. The van der Waals surface area contributed by atoms with E-state index >= 15 is 0 Å². The van der Waals surface area contributed by atoms with E-state index in [1.807, 2.05) is 6.20 Å². The summed E-state index contributed by atoms with van der Waals surface area (Å²) >= 11 is 0. The molecular weight excluding hydrogens is 260 g/mol. The van der Waals surface area contributed by atoms with Gasteiger partial charge in [0.15, 0.2) is 0 Å². The third kappa shape index (κ3) is 4.25. The number of hydrogen-bond donors (Lipinski definition) is 1. The maximum Gasteiger partial charge on any atom is 0.0542 e. The molecule has 0 aliphatic carbocycles. The monoisotopic (exact) mass is 288 g/mol. The van der Waals surface area contributed by atoms with E-state index in [1.165, 1.54) is 64.0 Å². The molecule has 1 aromatic rings. The van der Waals surface area contributed by atoms with Crippen molar-refractivity contribution < 1.29 is 0 Å². The molecule has 0 radical (unpaired) electrons. The first-order valence-corrected chi connectivity index (χ1v) is 8.42. The van der Waals surface area contributed by atoms with Gasteiger partial charge in [0.05, 0.1) is 5.69 Å². The molecule has 2 N–H and O–H groups in total. The molecule has 0 amide bonds. The molecule has 2 saturated heterocycles. The predicted molar refractivity (Wildman–Crippen MR) is 85.8 cm³/mol. The number of likely N-dealkylation sites (tertiary alicyclic amines) is 2. The Bertz CT molecular complexity index is 434. The van der Waals surface area contributed by atoms with Crippen LogP contribution < -0.4 is 5.73 Å². The van der Waals surface area contributed by atoms with Crippen molar-refractivity contribution in [2.75, 3.05) is 32.7 Å². The van der Waals surface area contributed by atoms with Crippen molar-refractivity contribution in [1.82, 2.24) is 14.8 Å². The van der Waals surface area contributed by atoms with Gasteiger partial charge in [0.2, 0.25) is 0 Å². The summed E-state index contributed by atoms with van der Waals surface area (Å²) in [6.07, 6.45) is 7.41. The zero-order chi connectivity index (χ0) is 14.5. The van der Waals surface area contributed by atoms with Crippen LogP contribution in [-0.2, 0) is 13.1 Å². The van der Waals surface area contributed by atoms with Crippen LogP contribution in [-0.4, -0.2) is 47.5 Å². The second-order valence-electron chi connectivity index (χ2n) is 6.59. The van der Waals surface area contributed by atoms with Gasteiger partial charge in [-0.05, 0) is 75.5 Å². The van der Waals surface area contributed by atoms with Gasteiger partial charge in [-0.15, -0.1) is 0 Å². The standard InChI is InChI=1S/C17H28N4/c18-12-17-11-16(3-6-19-17)14-21-9-4-15(5-10-21)13-20-7-1-2-8-20/h3,6,11,15H,1-2,4-5,7-10,12-14,18H2. The predicted octanol–water partition coefficient (Wildman–Crippen LogP) is 1.85. The van der Waals surface area contributed by atoms with Crippen LogP contribution in [0.2, 0.25) is 0 Å². The van der Waals surface area contributed by atoms with Crippen LogP contribution >= 0.6 is 0 Å². The van der Waals surface area contributed by atoms with E-state index in [9.17, 15) is 0 Å². The zero-order valence-corrected chi connectivity index (χ0v) is 13.0. The summed E-state index contributed by atoms with van der Waals surface area (Å²) in [5.41, 5.74) is 8.01. The third-order valence-electron chi connectivity index (χ3n) is 4.92. The maximum absolute atomic E-state index is 5.67. The fraction of sp³-hybridized carbons (Fsp3) is 0.706. The third-order valence-corrected chi connectivity index (χ3v) is 4.92. The van der Waals surface area contributed by atoms with E-state index in [0.29, 0.717) is 6.54 Å². The topological polar surface area (TPSA) is 45.4 Å². The Balaban J connectivity index is 1.44. The van der Waals surface area contributed by atoms with Crippen molar-refractivity contribution in [2.45, 2.75) is 38.8 Å². The minimum atomic E-state index is 0.533. The number of piperidine rings is 1. The normalized spacial score (nSPS) is 22.0. The molecule has 0 atom stereocenters. The summed E-state index contributed by atoms with van der Waals surface area (Å²) in [6.45, 7) is 8.05. The van der Waals surface area contributed by atoms with E-state index in [4.69, 9.17) is 5.73 Å². The summed E-state index contributed by atoms with van der Waals surface area (Å²) in [7, 11) is 0. The average Bonchev–Trinajstić information content (AvgIpc) is 3.02. The van der Waals surface area contributed by atoms with Gasteiger partial charge in [-0.1, -0.05) is 0 Å². The van der Waals surface area contributed by atoms with Crippen molar-refractivity contribution in [1.29, 1.82) is 0 Å². The quantitative estimate of drug-likeness (QED) is 0.898. The lowest BCUT2D eigenvalue weighted by Crippen LogP contribution is -2.37. The van der Waals surface area contributed by atoms with Crippen molar-refractivity contribution in [3.63, 3.8) is 0 Å². The number of aromatic nitrogens is 1. The lowest BCUT2D eigenvalue weighted by atomic mass is 9.96. The van der Waals surface area contributed by atoms with Crippen LogP contribution in [0.5, 0.6) is 0 Å². The Morgan fingerprint density at radius 1 is 1.10 bits per heavy atom. The molecule has 0 unspecified atom stereocenters. The van der Waals surface area contributed by atoms with Gasteiger partial charge < -0.3 is 10.6 Å². The van der Waals surface area contributed by atoms with Gasteiger partial charge >= 0.3 is 0 Å². The van der Waals surface area contributed by atoms with Crippen LogP contribution in [0.3, 0.4) is 0 Å². The zero-order valence-electron chi connectivity index (χ0n) is 13.0. The van der Waals surface area contributed by atoms with Crippen LogP contribution in [0.15, 0.2) is 18.3 Å². The smallest absolute Gasteiger partial charge is 0.0542 e. The van der Waals surface area contributed by atoms with Gasteiger partial charge in [-0.25, -0.2) is 0 Å². The van der Waals surface area contributed by atoms with E-state index in [0.717, 1.165) is 18.2 Å². The Morgan fingerprint density at radius 3 is 2.57 bits per heavy atom. The molecule has 3 rings (SSSR count). The lowest BCUT2D eigenvalue weighted by molar-refractivity contribution is 0.149. The highest BCUT2D eigenvalue weighted by molar-refractivity contribution is 5.16. The Hall–Kier alpha value is -0.970. The largest absolute Gasteiger partial charge is 0.325 e. The molecule has 0 saturated carbocycles. The maximum atomic E-state index is 5.67. The number of nitrogens with two attached hydrogens (primary N) is 1. The van der Waals surface area contributed by atoms with Gasteiger partial charge in [0.1, 0.15) is 0 Å². The summed E-state index contributed by atoms with van der Waals surface area (Å²) in [4.78, 5) is 9.51. The minimum Gasteiger partial charge on any atom is -0.325 e. The summed E-state index contributed by atoms with van der Waals surface area (Å²) in [5, 5.41) is 0. The summed E-state index contributed by atoms with van der Waals surface area (Å²) < 4.78 is 0. The first kappa shape index (κ1) is 14.9. The second kappa shape index (κ2) is 7.34. The molecular formula is C17H28N4. The molecule has 0 aromatic carbocycles. The Morgan fingerprint density at radius 2 is 1.86 bits per heavy atom. The molecule has 2 fully saturated rings. The molecule has 3 heterocycles. The van der Waals surface area contributed by atoms with Gasteiger partial charge in [-0.2, -0.15) is 0 Å². The van der Waals surface area contributed by atoms with E-state index in [1.54, 1.807) is 0 Å². The SMILES string of the molecule is NCc1cc(CN2CCC(CN3CCCC3)CC2)ccn1. The molecule has 0 bridgehead atoms. The Kier molecular flexibility index (Phi) is 5.22. The summed E-state index contributed by atoms with van der Waals surface area (Å²) in [6, 6.07) is 4.27. The first-order chi connectivity index (χ1) is 10.3. The van der Waals surface area contributed by atoms with Crippen molar-refractivity contribution in [2.24, 2.45) is 11.7 Å². The molecule has 4 heteroatoms. The highest BCUT2D eigenvalue weighted by Gasteiger charge is 2.22. The first-order valence-electron chi connectivity index (χ1n) is 8.42. The highest BCUT2D eigenvalue weighted by Crippen LogP contribution is 2.21. The molecule has 1 aromatic heterocycles. The molecule has 2 aliphatic rings. The van der Waals surface area contributed by atoms with Crippen molar-refractivity contribution >= 4 is 0 Å². The average molecular weight is 288 g/mol. The molecule has 0 spiro atoms. The number of pyridine rings is 1. The van der Waals surface area contributed by atoms with Crippen LogP contribution in [0.1, 0.15) is 36.9 Å². The number of hydrogen-bond acceptors (Lipinski definition) is 4. The van der Waals surface area contributed by atoms with E-state index in [2.05, 4.69) is 26.9 Å². The fourth-order valence-electron chi connectivity index (χ4n) is 3.65. The molecule has 21 heavy (non-hydrogen) atoms. The fourth-order valence-corrected chi connectivity index (χ4v) is 3.65. The number of nitrogens with zero attached hydrogens (tertiary/aromatic N) is 3. The van der Waals surface area contributed by atoms with Gasteiger partial charge in [-0.3, -0.25) is 9.88 Å². The van der Waals surface area contributed by atoms with Crippen LogP contribution in [0.4, 0.5) is 0 Å². The van der Waals surface area contributed by atoms with Crippen molar-refractivity contribution in [3.8, 4) is 0 Å². The summed E-state index contributed by atoms with van der Waals surface area (Å²) in [5.74, 6) is 0.913. The van der Waals surface area contributed by atoms with Crippen LogP contribution in [0, 0.1) is 5.92 Å². The Labute approximate surface area is 128 Å². The van der Waals surface area contributed by atoms with E-state index in [-0.39, 0.29) is 0 Å². The van der Waals surface area contributed by atoms with Crippen molar-refractivity contribution in [3.05, 3.63) is 29.6 Å².